The maximum absolute atomic E-state index is 15.8. The number of hydrogen-bond donors (Lipinski definition) is 2. The number of hydrogen-bond acceptors (Lipinski definition) is 6. The molecule has 2 atom stereocenters. The fourth-order valence-electron chi connectivity index (χ4n) is 4.06. The molecule has 0 aliphatic carbocycles. The van der Waals surface area contributed by atoms with Crippen LogP contribution in [-0.4, -0.2) is 57.3 Å². The Morgan fingerprint density at radius 2 is 1.94 bits per heavy atom. The summed E-state index contributed by atoms with van der Waals surface area (Å²) in [5.74, 6) is -1.01. The van der Waals surface area contributed by atoms with Gasteiger partial charge in [-0.25, -0.2) is 26.4 Å². The number of piperidine rings is 1. The van der Waals surface area contributed by atoms with E-state index < -0.39 is 49.9 Å². The number of amides is 2. The standard InChI is InChI=1S/C21H28F3N5O4S/c1-12-18(17(19(22)23)27-28(12)4)34(32,33)21(3,24)14-6-9-29(10-7-14)20(31)26-15-5-8-25-16(11-15)13(2)30/h5,8,11,13-14,19,30H,6-7,9-10H2,1-4H3,(H,25,26,31)/t13-,21-/m0/s1. The molecule has 3 rings (SSSR count). The molecule has 2 aromatic heterocycles. The molecule has 1 aliphatic heterocycles. The van der Waals surface area contributed by atoms with Crippen LogP contribution < -0.4 is 5.32 Å². The molecular formula is C21H28F3N5O4S. The van der Waals surface area contributed by atoms with Gasteiger partial charge in [-0.1, -0.05) is 0 Å². The maximum atomic E-state index is 15.8. The maximum Gasteiger partial charge on any atom is 0.321 e. The minimum atomic E-state index is -4.80. The molecule has 2 amide bonds. The second-order valence-corrected chi connectivity index (χ2v) is 10.8. The summed E-state index contributed by atoms with van der Waals surface area (Å²) in [6.45, 7) is 3.88. The average Bonchev–Trinajstić information content (AvgIpc) is 3.09. The van der Waals surface area contributed by atoms with E-state index in [0.29, 0.717) is 11.4 Å². The number of pyridine rings is 1. The molecule has 2 aromatic rings. The number of halogens is 3. The number of aliphatic hydroxyl groups is 1. The lowest BCUT2D eigenvalue weighted by Crippen LogP contribution is -2.48. The second kappa shape index (κ2) is 9.53. The number of urea groups is 1. The molecule has 1 aliphatic rings. The lowest BCUT2D eigenvalue weighted by molar-refractivity contribution is 0.116. The van der Waals surface area contributed by atoms with Crippen LogP contribution in [0.3, 0.4) is 0 Å². The molecule has 188 valence electrons. The topological polar surface area (TPSA) is 117 Å². The molecule has 0 aromatic carbocycles. The zero-order chi connectivity index (χ0) is 25.4. The van der Waals surface area contributed by atoms with Crippen molar-refractivity contribution >= 4 is 21.6 Å². The SMILES string of the molecule is Cc1c(S(=O)(=O)[C@](C)(F)C2CCN(C(=O)Nc3ccnc([C@H](C)O)c3)CC2)c(C(F)F)nn1C. The van der Waals surface area contributed by atoms with Gasteiger partial charge in [0.1, 0.15) is 10.6 Å². The van der Waals surface area contributed by atoms with Gasteiger partial charge in [0.2, 0.25) is 14.8 Å². The molecular weight excluding hydrogens is 475 g/mol. The van der Waals surface area contributed by atoms with Crippen LogP contribution in [0.15, 0.2) is 23.2 Å². The summed E-state index contributed by atoms with van der Waals surface area (Å²) in [5.41, 5.74) is -0.231. The van der Waals surface area contributed by atoms with Crippen LogP contribution in [0.1, 0.15) is 56.3 Å². The van der Waals surface area contributed by atoms with E-state index in [0.717, 1.165) is 11.6 Å². The van der Waals surface area contributed by atoms with Crippen LogP contribution >= 0.6 is 0 Å². The van der Waals surface area contributed by atoms with Gasteiger partial charge >= 0.3 is 6.03 Å². The van der Waals surface area contributed by atoms with E-state index in [1.54, 1.807) is 6.07 Å². The number of nitrogens with zero attached hydrogens (tertiary/aromatic N) is 4. The zero-order valence-corrected chi connectivity index (χ0v) is 20.1. The molecule has 0 bridgehead atoms. The summed E-state index contributed by atoms with van der Waals surface area (Å²) in [7, 11) is -3.48. The highest BCUT2D eigenvalue weighted by atomic mass is 32.2. The van der Waals surface area contributed by atoms with Crippen molar-refractivity contribution in [3.8, 4) is 0 Å². The first-order valence-electron chi connectivity index (χ1n) is 10.7. The van der Waals surface area contributed by atoms with E-state index >= 15 is 4.39 Å². The summed E-state index contributed by atoms with van der Waals surface area (Å²) < 4.78 is 70.1. The number of aliphatic hydroxyl groups excluding tert-OH is 1. The number of nitrogens with one attached hydrogen (secondary N) is 1. The molecule has 9 nitrogen and oxygen atoms in total. The highest BCUT2D eigenvalue weighted by Crippen LogP contribution is 2.42. The van der Waals surface area contributed by atoms with E-state index in [1.165, 1.54) is 38.1 Å². The molecule has 0 saturated carbocycles. The van der Waals surface area contributed by atoms with E-state index in [-0.39, 0.29) is 31.6 Å². The predicted molar refractivity (Wildman–Crippen MR) is 118 cm³/mol. The Hall–Kier alpha value is -2.67. The highest BCUT2D eigenvalue weighted by Gasteiger charge is 2.51. The van der Waals surface area contributed by atoms with Crippen LogP contribution in [0.25, 0.3) is 0 Å². The minimum absolute atomic E-state index is 0.0260. The fourth-order valence-corrected chi connectivity index (χ4v) is 6.06. The van der Waals surface area contributed by atoms with Crippen molar-refractivity contribution in [3.63, 3.8) is 0 Å². The summed E-state index contributed by atoms with van der Waals surface area (Å²) >= 11 is 0. The Balaban J connectivity index is 1.73. The van der Waals surface area contributed by atoms with Crippen LogP contribution in [0, 0.1) is 12.8 Å². The van der Waals surface area contributed by atoms with Crippen LogP contribution in [0.5, 0.6) is 0 Å². The third-order valence-electron chi connectivity index (χ3n) is 6.28. The third kappa shape index (κ3) is 4.76. The van der Waals surface area contributed by atoms with Gasteiger partial charge in [0.05, 0.1) is 17.5 Å². The number of alkyl halides is 3. The molecule has 34 heavy (non-hydrogen) atoms. The van der Waals surface area contributed by atoms with E-state index in [9.17, 15) is 27.1 Å². The van der Waals surface area contributed by atoms with Crippen molar-refractivity contribution in [2.24, 2.45) is 13.0 Å². The van der Waals surface area contributed by atoms with Crippen molar-refractivity contribution in [1.29, 1.82) is 0 Å². The van der Waals surface area contributed by atoms with Crippen molar-refractivity contribution < 1.29 is 31.5 Å². The third-order valence-corrected chi connectivity index (χ3v) is 8.70. The smallest absolute Gasteiger partial charge is 0.321 e. The van der Waals surface area contributed by atoms with Crippen LogP contribution in [-0.2, 0) is 16.9 Å². The number of aromatic nitrogens is 3. The molecule has 3 heterocycles. The first-order valence-corrected chi connectivity index (χ1v) is 12.2. The number of sulfone groups is 1. The van der Waals surface area contributed by atoms with Gasteiger partial charge in [-0.05, 0) is 45.7 Å². The number of likely N-dealkylation sites (tertiary alicyclic amines) is 1. The Morgan fingerprint density at radius 1 is 1.32 bits per heavy atom. The average molecular weight is 504 g/mol. The Kier molecular flexibility index (Phi) is 7.27. The van der Waals surface area contributed by atoms with Gasteiger partial charge in [-0.2, -0.15) is 5.10 Å². The normalized spacial score (nSPS) is 18.1. The van der Waals surface area contributed by atoms with E-state index in [1.807, 2.05) is 0 Å². The van der Waals surface area contributed by atoms with E-state index in [2.05, 4.69) is 15.4 Å². The van der Waals surface area contributed by atoms with Crippen molar-refractivity contribution in [1.82, 2.24) is 19.7 Å². The van der Waals surface area contributed by atoms with Gasteiger partial charge in [-0.3, -0.25) is 9.67 Å². The van der Waals surface area contributed by atoms with Crippen LogP contribution in [0.4, 0.5) is 23.7 Å². The van der Waals surface area contributed by atoms with Gasteiger partial charge in [0, 0.05) is 37.9 Å². The lowest BCUT2D eigenvalue weighted by atomic mass is 9.92. The van der Waals surface area contributed by atoms with Gasteiger partial charge in [0.25, 0.3) is 6.43 Å². The van der Waals surface area contributed by atoms with Gasteiger partial charge < -0.3 is 15.3 Å². The Morgan fingerprint density at radius 3 is 2.50 bits per heavy atom. The summed E-state index contributed by atoms with van der Waals surface area (Å²) in [6, 6.07) is 2.61. The largest absolute Gasteiger partial charge is 0.387 e. The molecule has 0 unspecified atom stereocenters. The molecule has 1 saturated heterocycles. The molecule has 2 N–H and O–H groups in total. The number of rotatable bonds is 6. The van der Waals surface area contributed by atoms with Gasteiger partial charge in [-0.15, -0.1) is 0 Å². The Bertz CT molecular complexity index is 1160. The van der Waals surface area contributed by atoms with Crippen molar-refractivity contribution in [3.05, 3.63) is 35.4 Å². The molecule has 1 fully saturated rings. The monoisotopic (exact) mass is 503 g/mol. The number of carbonyl (C=O) groups excluding carboxylic acids is 1. The predicted octanol–water partition coefficient (Wildman–Crippen LogP) is 3.52. The number of anilines is 1. The van der Waals surface area contributed by atoms with Crippen LogP contribution in [0.2, 0.25) is 0 Å². The summed E-state index contributed by atoms with van der Waals surface area (Å²) in [4.78, 5) is 17.3. The summed E-state index contributed by atoms with van der Waals surface area (Å²) in [5, 5.41) is 13.0. The van der Waals surface area contributed by atoms with Crippen molar-refractivity contribution in [2.75, 3.05) is 18.4 Å². The fraction of sp³-hybridized carbons (Fsp3) is 0.571. The van der Waals surface area contributed by atoms with E-state index in [4.69, 9.17) is 0 Å². The zero-order valence-electron chi connectivity index (χ0n) is 19.3. The Labute approximate surface area is 195 Å². The lowest BCUT2D eigenvalue weighted by Gasteiger charge is -2.37. The quantitative estimate of drug-likeness (QED) is 0.623. The number of carbonyl (C=O) groups is 1. The molecule has 13 heteroatoms. The van der Waals surface area contributed by atoms with Gasteiger partial charge in [0.15, 0.2) is 0 Å². The minimum Gasteiger partial charge on any atom is -0.387 e. The first kappa shape index (κ1) is 25.9. The summed E-state index contributed by atoms with van der Waals surface area (Å²) in [6.07, 6.45) is -2.49. The second-order valence-electron chi connectivity index (χ2n) is 8.55. The number of aryl methyl sites for hydroxylation is 1. The highest BCUT2D eigenvalue weighted by molar-refractivity contribution is 7.92. The molecule has 0 spiro atoms. The first-order chi connectivity index (χ1) is 15.8. The molecule has 0 radical (unpaired) electrons. The van der Waals surface area contributed by atoms with Crippen molar-refractivity contribution in [2.45, 2.75) is 56.0 Å².